The van der Waals surface area contributed by atoms with E-state index in [1.807, 2.05) is 39.6 Å². The van der Waals surface area contributed by atoms with Crippen LogP contribution in [0.1, 0.15) is 46.0 Å². The fourth-order valence-electron chi connectivity index (χ4n) is 3.88. The van der Waals surface area contributed by atoms with Crippen molar-refractivity contribution in [3.8, 4) is 0 Å². The number of aromatic nitrogens is 2. The first kappa shape index (κ1) is 28.4. The first-order valence-electron chi connectivity index (χ1n) is 10.5. The molecule has 0 aliphatic carbocycles. The van der Waals surface area contributed by atoms with E-state index in [0.717, 1.165) is 17.7 Å². The minimum atomic E-state index is -5.59. The summed E-state index contributed by atoms with van der Waals surface area (Å²) in [6, 6.07) is 0. The molecule has 0 bridgehead atoms. The molecule has 15 nitrogen and oxygen atoms in total. The van der Waals surface area contributed by atoms with Crippen LogP contribution < -0.4 is 0 Å². The minimum Gasteiger partial charge on any atom is -0.352 e. The molecule has 0 saturated carbocycles. The third-order valence-electron chi connectivity index (χ3n) is 5.90. The number of nitrogens with zero attached hydrogens (tertiary/aromatic N) is 4. The molecule has 1 aromatic heterocycles. The topological polar surface area (TPSA) is 202 Å². The number of phosphoric acid groups is 3. The number of ether oxygens (including phenoxy) is 1. The van der Waals surface area contributed by atoms with Crippen molar-refractivity contribution < 1.29 is 51.2 Å². The number of imidazole rings is 1. The Balaban J connectivity index is 1.74. The van der Waals surface area contributed by atoms with Crippen molar-refractivity contribution in [3.05, 3.63) is 17.6 Å². The maximum absolute atomic E-state index is 12.1. The quantitative estimate of drug-likeness (QED) is 0.322. The highest BCUT2D eigenvalue weighted by Gasteiger charge is 2.45. The van der Waals surface area contributed by atoms with Crippen molar-refractivity contribution in [1.82, 2.24) is 14.5 Å². The Bertz CT molecular complexity index is 1160. The largest absolute Gasteiger partial charge is 0.490 e. The van der Waals surface area contributed by atoms with Gasteiger partial charge in [-0.15, -0.1) is 0 Å². The number of hydrogen-bond donors (Lipinski definition) is 4. The fraction of sp³-hybridized carbons (Fsp3) is 0.647. The van der Waals surface area contributed by atoms with Crippen molar-refractivity contribution in [3.63, 3.8) is 0 Å². The monoisotopic (exact) mass is 558 g/mol. The number of fused-ring (bicyclic) bond motifs is 1. The van der Waals surface area contributed by atoms with Gasteiger partial charge in [0.05, 0.1) is 31.1 Å². The zero-order chi connectivity index (χ0) is 26.3. The van der Waals surface area contributed by atoms with Gasteiger partial charge in [-0.2, -0.15) is 8.62 Å². The summed E-state index contributed by atoms with van der Waals surface area (Å²) in [7, 11) is -14.4. The van der Waals surface area contributed by atoms with E-state index >= 15 is 0 Å². The number of hydrogen-bond acceptors (Lipinski definition) is 10. The third kappa shape index (κ3) is 6.57. The van der Waals surface area contributed by atoms with Gasteiger partial charge in [-0.1, -0.05) is 20.8 Å². The predicted octanol–water partition coefficient (Wildman–Crippen LogP) is 3.14. The second-order valence-electron chi connectivity index (χ2n) is 8.33. The lowest BCUT2D eigenvalue weighted by Gasteiger charge is -2.25. The second kappa shape index (κ2) is 10.3. The lowest BCUT2D eigenvalue weighted by atomic mass is 9.93. The molecule has 0 spiro atoms. The van der Waals surface area contributed by atoms with E-state index < -0.39 is 42.4 Å². The van der Waals surface area contributed by atoms with E-state index in [2.05, 4.69) is 18.6 Å². The van der Waals surface area contributed by atoms with E-state index in [1.54, 1.807) is 17.2 Å². The molecule has 6 unspecified atom stereocenters. The van der Waals surface area contributed by atoms with Crippen LogP contribution in [0.3, 0.4) is 0 Å². The lowest BCUT2D eigenvalue weighted by Crippen LogP contribution is -2.21. The van der Waals surface area contributed by atoms with Crippen molar-refractivity contribution in [2.75, 3.05) is 13.7 Å². The average molecular weight is 558 g/mol. The third-order valence-corrected chi connectivity index (χ3v) is 9.71. The summed E-state index contributed by atoms with van der Waals surface area (Å²) in [6.45, 7) is 7.30. The predicted molar refractivity (Wildman–Crippen MR) is 123 cm³/mol. The van der Waals surface area contributed by atoms with Gasteiger partial charge in [-0.05, 0) is 24.8 Å². The van der Waals surface area contributed by atoms with E-state index in [4.69, 9.17) is 19.0 Å². The van der Waals surface area contributed by atoms with Gasteiger partial charge in [0.2, 0.25) is 0 Å². The van der Waals surface area contributed by atoms with Crippen LogP contribution in [0.2, 0.25) is 0 Å². The Morgan fingerprint density at radius 3 is 2.37 bits per heavy atom. The Hall–Kier alpha value is -1.21. The number of allylic oxidation sites excluding steroid dienone is 1. The number of phosphoric ester groups is 1. The van der Waals surface area contributed by atoms with E-state index in [0.29, 0.717) is 11.5 Å². The van der Waals surface area contributed by atoms with Crippen LogP contribution in [-0.2, 0) is 31.6 Å². The Morgan fingerprint density at radius 2 is 1.77 bits per heavy atom. The highest BCUT2D eigenvalue weighted by atomic mass is 31.3. The highest BCUT2D eigenvalue weighted by molar-refractivity contribution is 7.66. The lowest BCUT2D eigenvalue weighted by molar-refractivity contribution is -0.0340. The first-order chi connectivity index (χ1) is 16.1. The Kier molecular flexibility index (Phi) is 8.33. The zero-order valence-corrected chi connectivity index (χ0v) is 22.3. The molecule has 3 heterocycles. The maximum Gasteiger partial charge on any atom is 0.490 e. The first-order valence-corrected chi connectivity index (χ1v) is 15.0. The van der Waals surface area contributed by atoms with Crippen molar-refractivity contribution in [1.29, 1.82) is 0 Å². The number of rotatable bonds is 9. The molecule has 6 atom stereocenters. The van der Waals surface area contributed by atoms with Crippen LogP contribution in [0.15, 0.2) is 16.9 Å². The van der Waals surface area contributed by atoms with Gasteiger partial charge in [-0.25, -0.2) is 23.7 Å². The molecule has 1 fully saturated rings. The van der Waals surface area contributed by atoms with Crippen LogP contribution in [-0.4, -0.2) is 60.1 Å². The average Bonchev–Trinajstić information content (AvgIpc) is 3.24. The van der Waals surface area contributed by atoms with Gasteiger partial charge in [0.15, 0.2) is 5.82 Å². The standard InChI is InChI=1S/C17H29N4O11P3/c1-6-10(2)15-14-16(19-8-20(15)5)21(9-18-14)17-12(4)11(3)13(30-17)7-29-34(25,26)32-35(27,28)31-33(22,23)24/h8-9,11-13,17H,6-7H2,1-5H3,(H,25,26)(H,27,28)(H2,22,23,24). The van der Waals surface area contributed by atoms with Gasteiger partial charge in [0.1, 0.15) is 11.9 Å². The fourth-order valence-corrected chi connectivity index (χ4v) is 6.91. The molecule has 1 aromatic rings. The SMILES string of the molecule is CCC(C)=C1c2ncn(C3OC(COP(=O)(O)OP(=O)(O)OP(=O)(O)O)C(C)C3C)c2N=CN1C. The summed E-state index contributed by atoms with van der Waals surface area (Å²) < 4.78 is 54.4. The summed E-state index contributed by atoms with van der Waals surface area (Å²) in [4.78, 5) is 47.2. The molecular formula is C17H29N4O11P3. The Morgan fingerprint density at radius 1 is 1.11 bits per heavy atom. The number of aliphatic imine (C=N–C) groups is 1. The van der Waals surface area contributed by atoms with Crippen LogP contribution in [0.25, 0.3) is 5.70 Å². The van der Waals surface area contributed by atoms with Crippen LogP contribution in [0, 0.1) is 11.8 Å². The molecule has 3 rings (SSSR count). The molecule has 4 N–H and O–H groups in total. The molecule has 2 aliphatic rings. The summed E-state index contributed by atoms with van der Waals surface area (Å²) in [5.74, 6) is 0.286. The summed E-state index contributed by atoms with van der Waals surface area (Å²) >= 11 is 0. The van der Waals surface area contributed by atoms with Crippen LogP contribution >= 0.6 is 23.5 Å². The molecule has 2 aliphatic heterocycles. The second-order valence-corrected chi connectivity index (χ2v) is 12.8. The molecule has 1 saturated heterocycles. The van der Waals surface area contributed by atoms with Gasteiger partial charge in [-0.3, -0.25) is 9.09 Å². The summed E-state index contributed by atoms with van der Waals surface area (Å²) in [6.07, 6.45) is 2.85. The molecule has 198 valence electrons. The van der Waals surface area contributed by atoms with Crippen molar-refractivity contribution >= 4 is 41.3 Å². The van der Waals surface area contributed by atoms with E-state index in [-0.39, 0.29) is 11.8 Å². The molecule has 35 heavy (non-hydrogen) atoms. The van der Waals surface area contributed by atoms with Crippen LogP contribution in [0.4, 0.5) is 5.82 Å². The van der Waals surface area contributed by atoms with E-state index in [9.17, 15) is 23.5 Å². The molecular weight excluding hydrogens is 529 g/mol. The smallest absolute Gasteiger partial charge is 0.352 e. The van der Waals surface area contributed by atoms with Gasteiger partial charge >= 0.3 is 23.5 Å². The zero-order valence-electron chi connectivity index (χ0n) is 19.7. The minimum absolute atomic E-state index is 0.114. The van der Waals surface area contributed by atoms with Gasteiger partial charge < -0.3 is 29.2 Å². The van der Waals surface area contributed by atoms with Crippen LogP contribution in [0.5, 0.6) is 0 Å². The molecule has 0 amide bonds. The van der Waals surface area contributed by atoms with Gasteiger partial charge in [0.25, 0.3) is 0 Å². The van der Waals surface area contributed by atoms with Gasteiger partial charge in [0, 0.05) is 13.0 Å². The molecule has 0 radical (unpaired) electrons. The molecule has 18 heteroatoms. The van der Waals surface area contributed by atoms with Crippen molar-refractivity contribution in [2.45, 2.75) is 46.4 Å². The van der Waals surface area contributed by atoms with E-state index in [1.165, 1.54) is 0 Å². The normalized spacial score (nSPS) is 29.6. The Labute approximate surface area is 201 Å². The summed E-state index contributed by atoms with van der Waals surface area (Å²) in [5.41, 5.74) is 2.78. The summed E-state index contributed by atoms with van der Waals surface area (Å²) in [5, 5.41) is 0. The highest BCUT2D eigenvalue weighted by Crippen LogP contribution is 2.66. The molecule has 0 aromatic carbocycles. The van der Waals surface area contributed by atoms with Crippen molar-refractivity contribution in [2.24, 2.45) is 16.8 Å². The maximum atomic E-state index is 12.1.